The summed E-state index contributed by atoms with van der Waals surface area (Å²) in [7, 11) is 0. The number of nitrogens with zero attached hydrogens (tertiary/aromatic N) is 4. The predicted octanol–water partition coefficient (Wildman–Crippen LogP) is 4.46. The van der Waals surface area contributed by atoms with Crippen LogP contribution in [0.25, 0.3) is 11.5 Å². The van der Waals surface area contributed by atoms with Crippen molar-refractivity contribution in [2.24, 2.45) is 5.92 Å². The number of amides is 2. The van der Waals surface area contributed by atoms with Crippen molar-refractivity contribution in [3.63, 3.8) is 0 Å². The number of carbonyl (C=O) groups excluding carboxylic acids is 2. The van der Waals surface area contributed by atoms with E-state index in [1.54, 1.807) is 17.0 Å². The fraction of sp³-hybridized carbons (Fsp3) is 0.360. The lowest BCUT2D eigenvalue weighted by molar-refractivity contribution is -0.136. The molecule has 1 aromatic heterocycles. The first kappa shape index (κ1) is 21.6. The molecule has 0 N–H and O–H groups in total. The molecule has 2 amide bonds. The minimum absolute atomic E-state index is 0.0408. The third kappa shape index (κ3) is 4.50. The maximum Gasteiger partial charge on any atom is 0.257 e. The van der Waals surface area contributed by atoms with E-state index in [2.05, 4.69) is 10.1 Å². The molecule has 170 valence electrons. The third-order valence-corrected chi connectivity index (χ3v) is 6.74. The first-order chi connectivity index (χ1) is 16.0. The van der Waals surface area contributed by atoms with Gasteiger partial charge in [0.25, 0.3) is 5.89 Å². The normalized spacial score (nSPS) is 19.3. The van der Waals surface area contributed by atoms with E-state index in [1.807, 2.05) is 48.2 Å². The number of rotatable bonds is 4. The average molecular weight is 465 g/mol. The molecule has 0 aliphatic carbocycles. The fourth-order valence-corrected chi connectivity index (χ4v) is 4.78. The van der Waals surface area contributed by atoms with Crippen LogP contribution in [0.1, 0.15) is 36.6 Å². The average Bonchev–Trinajstić information content (AvgIpc) is 3.47. The van der Waals surface area contributed by atoms with Crippen LogP contribution in [0, 0.1) is 12.8 Å². The molecule has 3 aromatic rings. The largest absolute Gasteiger partial charge is 0.342 e. The van der Waals surface area contributed by atoms with Crippen molar-refractivity contribution < 1.29 is 14.1 Å². The maximum atomic E-state index is 13.1. The number of hydrogen-bond acceptors (Lipinski definition) is 5. The van der Waals surface area contributed by atoms with Gasteiger partial charge in [-0.05, 0) is 50.1 Å². The first-order valence-electron chi connectivity index (χ1n) is 11.2. The van der Waals surface area contributed by atoms with Gasteiger partial charge in [-0.15, -0.1) is 0 Å². The highest BCUT2D eigenvalue weighted by molar-refractivity contribution is 6.31. The summed E-state index contributed by atoms with van der Waals surface area (Å²) in [5.41, 5.74) is 2.82. The van der Waals surface area contributed by atoms with Gasteiger partial charge in [-0.25, -0.2) is 0 Å². The molecule has 2 saturated heterocycles. The van der Waals surface area contributed by atoms with Crippen LogP contribution in [-0.2, 0) is 9.59 Å². The van der Waals surface area contributed by atoms with Gasteiger partial charge in [0.05, 0.1) is 5.92 Å². The van der Waals surface area contributed by atoms with Gasteiger partial charge in [0.15, 0.2) is 5.82 Å². The van der Waals surface area contributed by atoms with Gasteiger partial charge >= 0.3 is 0 Å². The van der Waals surface area contributed by atoms with Crippen LogP contribution < -0.4 is 4.90 Å². The number of likely N-dealkylation sites (tertiary alicyclic amines) is 1. The lowest BCUT2D eigenvalue weighted by atomic mass is 9.95. The van der Waals surface area contributed by atoms with E-state index in [0.717, 1.165) is 24.1 Å². The minimum atomic E-state index is -0.327. The molecule has 2 aromatic carbocycles. The van der Waals surface area contributed by atoms with E-state index in [9.17, 15) is 9.59 Å². The SMILES string of the molecule is Cc1ccc(-c2nc(C3CCN(C(=O)[C@H]4CC(=O)N(c5cccc(Cl)c5)C4)CC3)no2)cc1. The van der Waals surface area contributed by atoms with Crippen LogP contribution in [0.3, 0.4) is 0 Å². The second kappa shape index (κ2) is 8.98. The monoisotopic (exact) mass is 464 g/mol. The number of hydrogen-bond donors (Lipinski definition) is 0. The van der Waals surface area contributed by atoms with Crippen molar-refractivity contribution in [2.45, 2.75) is 32.1 Å². The molecule has 0 unspecified atom stereocenters. The number of halogens is 1. The number of carbonyl (C=O) groups is 2. The molecule has 8 heteroatoms. The number of anilines is 1. The Balaban J connectivity index is 1.19. The Bertz CT molecular complexity index is 1170. The summed E-state index contributed by atoms with van der Waals surface area (Å²) in [5, 5.41) is 4.77. The van der Waals surface area contributed by atoms with Crippen molar-refractivity contribution in [2.75, 3.05) is 24.5 Å². The Kier molecular flexibility index (Phi) is 5.89. The molecule has 2 fully saturated rings. The second-order valence-electron chi connectivity index (χ2n) is 8.81. The third-order valence-electron chi connectivity index (χ3n) is 6.51. The van der Waals surface area contributed by atoms with E-state index in [0.29, 0.717) is 36.4 Å². The number of piperidine rings is 1. The highest BCUT2D eigenvalue weighted by Gasteiger charge is 2.38. The molecule has 2 aliphatic heterocycles. The highest BCUT2D eigenvalue weighted by atomic mass is 35.5. The molecule has 5 rings (SSSR count). The first-order valence-corrected chi connectivity index (χ1v) is 11.6. The molecule has 7 nitrogen and oxygen atoms in total. The lowest BCUT2D eigenvalue weighted by Gasteiger charge is -2.32. The minimum Gasteiger partial charge on any atom is -0.342 e. The summed E-state index contributed by atoms with van der Waals surface area (Å²) in [6.45, 7) is 3.68. The Morgan fingerprint density at radius 3 is 2.61 bits per heavy atom. The van der Waals surface area contributed by atoms with Crippen LogP contribution in [0.4, 0.5) is 5.69 Å². The maximum absolute atomic E-state index is 13.1. The summed E-state index contributed by atoms with van der Waals surface area (Å²) >= 11 is 6.07. The lowest BCUT2D eigenvalue weighted by Crippen LogP contribution is -2.42. The Morgan fingerprint density at radius 1 is 1.12 bits per heavy atom. The molecular weight excluding hydrogens is 440 g/mol. The van der Waals surface area contributed by atoms with Gasteiger partial charge in [0, 0.05) is 48.2 Å². The van der Waals surface area contributed by atoms with Crippen LogP contribution in [0.2, 0.25) is 5.02 Å². The van der Waals surface area contributed by atoms with Crippen LogP contribution in [-0.4, -0.2) is 46.5 Å². The molecule has 0 bridgehead atoms. The quantitative estimate of drug-likeness (QED) is 0.569. The van der Waals surface area contributed by atoms with E-state index in [-0.39, 0.29) is 30.1 Å². The Hall–Kier alpha value is -3.19. The zero-order valence-corrected chi connectivity index (χ0v) is 19.2. The molecule has 0 saturated carbocycles. The Morgan fingerprint density at radius 2 is 1.88 bits per heavy atom. The standard InChI is InChI=1S/C25H25ClN4O3/c1-16-5-7-18(8-6-16)24-27-23(28-33-24)17-9-11-29(12-10-17)25(32)19-13-22(31)30(15-19)21-4-2-3-20(26)14-21/h2-8,14,17,19H,9-13,15H2,1H3/t19-/m0/s1. The number of aryl methyl sites for hydroxylation is 1. The van der Waals surface area contributed by atoms with Crippen LogP contribution in [0.5, 0.6) is 0 Å². The van der Waals surface area contributed by atoms with Crippen LogP contribution >= 0.6 is 11.6 Å². The summed E-state index contributed by atoms with van der Waals surface area (Å²) in [6.07, 6.45) is 1.78. The van der Waals surface area contributed by atoms with Gasteiger partial charge in [-0.3, -0.25) is 9.59 Å². The Labute approximate surface area is 197 Å². The molecule has 3 heterocycles. The molecule has 0 spiro atoms. The summed E-state index contributed by atoms with van der Waals surface area (Å²) in [5.74, 6) is 1.05. The number of benzene rings is 2. The molecule has 1 atom stereocenters. The fourth-order valence-electron chi connectivity index (χ4n) is 4.60. The molecule has 0 radical (unpaired) electrons. The zero-order valence-electron chi connectivity index (χ0n) is 18.4. The van der Waals surface area contributed by atoms with Crippen molar-refractivity contribution >= 4 is 29.1 Å². The zero-order chi connectivity index (χ0) is 22.9. The van der Waals surface area contributed by atoms with Gasteiger partial charge in [-0.2, -0.15) is 4.98 Å². The van der Waals surface area contributed by atoms with Gasteiger partial charge in [0.2, 0.25) is 11.8 Å². The van der Waals surface area contributed by atoms with Gasteiger partial charge in [-0.1, -0.05) is 40.5 Å². The summed E-state index contributed by atoms with van der Waals surface area (Å²) < 4.78 is 5.48. The highest BCUT2D eigenvalue weighted by Crippen LogP contribution is 2.32. The topological polar surface area (TPSA) is 79.5 Å². The summed E-state index contributed by atoms with van der Waals surface area (Å²) in [4.78, 5) is 33.8. The molecule has 33 heavy (non-hydrogen) atoms. The van der Waals surface area contributed by atoms with Crippen molar-refractivity contribution in [1.82, 2.24) is 15.0 Å². The van der Waals surface area contributed by atoms with Crippen LogP contribution in [0.15, 0.2) is 53.1 Å². The predicted molar refractivity (Wildman–Crippen MR) is 125 cm³/mol. The van der Waals surface area contributed by atoms with Crippen molar-refractivity contribution in [3.8, 4) is 11.5 Å². The number of aromatic nitrogens is 2. The van der Waals surface area contributed by atoms with Crippen molar-refractivity contribution in [3.05, 3.63) is 64.9 Å². The second-order valence-corrected chi connectivity index (χ2v) is 9.25. The van der Waals surface area contributed by atoms with Gasteiger partial charge < -0.3 is 14.3 Å². The summed E-state index contributed by atoms with van der Waals surface area (Å²) in [6, 6.07) is 15.2. The van der Waals surface area contributed by atoms with E-state index < -0.39 is 0 Å². The van der Waals surface area contributed by atoms with Gasteiger partial charge in [0.1, 0.15) is 0 Å². The van der Waals surface area contributed by atoms with E-state index in [4.69, 9.17) is 16.1 Å². The smallest absolute Gasteiger partial charge is 0.257 e. The molecule has 2 aliphatic rings. The molecular formula is C25H25ClN4O3. The van der Waals surface area contributed by atoms with E-state index in [1.165, 1.54) is 5.56 Å². The van der Waals surface area contributed by atoms with E-state index >= 15 is 0 Å². The van der Waals surface area contributed by atoms with Crippen molar-refractivity contribution in [1.29, 1.82) is 0 Å².